The number of anilines is 1. The molecule has 0 aliphatic carbocycles. The summed E-state index contributed by atoms with van der Waals surface area (Å²) in [5, 5.41) is 2.95. The fraction of sp³-hybridized carbons (Fsp3) is 0.333. The molecule has 0 aliphatic heterocycles. The van der Waals surface area contributed by atoms with E-state index in [0.717, 1.165) is 46.2 Å². The fourth-order valence-corrected chi connectivity index (χ4v) is 5.12. The van der Waals surface area contributed by atoms with Crippen molar-refractivity contribution < 1.29 is 22.4 Å². The number of unbranched alkanes of at least 4 members (excludes halogenated alkanes) is 1. The summed E-state index contributed by atoms with van der Waals surface area (Å²) in [4.78, 5) is 29.0. The van der Waals surface area contributed by atoms with Crippen molar-refractivity contribution in [1.29, 1.82) is 0 Å². The van der Waals surface area contributed by atoms with Crippen LogP contribution < -0.4 is 9.62 Å². The van der Waals surface area contributed by atoms with Gasteiger partial charge < -0.3 is 10.2 Å². The van der Waals surface area contributed by atoms with Gasteiger partial charge in [0.15, 0.2) is 0 Å². The smallest absolute Gasteiger partial charge is 0.244 e. The number of carbonyl (C=O) groups is 2. The molecule has 1 atom stereocenters. The molecule has 3 aromatic rings. The second-order valence-corrected chi connectivity index (χ2v) is 11.5. The predicted molar refractivity (Wildman–Crippen MR) is 152 cm³/mol. The number of hydrogen-bond acceptors (Lipinski definition) is 4. The lowest BCUT2D eigenvalue weighted by molar-refractivity contribution is -0.140. The van der Waals surface area contributed by atoms with Crippen LogP contribution >= 0.6 is 0 Å². The van der Waals surface area contributed by atoms with E-state index in [0.29, 0.717) is 6.54 Å². The molecule has 0 aliphatic rings. The molecular weight excluding hydrogens is 517 g/mol. The molecule has 0 heterocycles. The maximum atomic E-state index is 14.0. The van der Waals surface area contributed by atoms with Crippen LogP contribution in [-0.2, 0) is 32.6 Å². The van der Waals surface area contributed by atoms with Gasteiger partial charge in [0.25, 0.3) is 0 Å². The molecule has 208 valence electrons. The average Bonchev–Trinajstić information content (AvgIpc) is 2.90. The first kappa shape index (κ1) is 29.8. The molecule has 39 heavy (non-hydrogen) atoms. The topological polar surface area (TPSA) is 86.8 Å². The van der Waals surface area contributed by atoms with Crippen molar-refractivity contribution in [3.63, 3.8) is 0 Å². The van der Waals surface area contributed by atoms with E-state index >= 15 is 0 Å². The summed E-state index contributed by atoms with van der Waals surface area (Å²) in [5.41, 5.74) is 2.67. The number of nitrogens with one attached hydrogen (secondary N) is 1. The zero-order valence-electron chi connectivity index (χ0n) is 22.6. The Bertz CT molecular complexity index is 1370. The molecule has 0 radical (unpaired) electrons. The highest BCUT2D eigenvalue weighted by Crippen LogP contribution is 2.22. The Balaban J connectivity index is 2.04. The fourth-order valence-electron chi connectivity index (χ4n) is 4.28. The van der Waals surface area contributed by atoms with Crippen LogP contribution in [0, 0.1) is 12.7 Å². The van der Waals surface area contributed by atoms with Crippen LogP contribution in [0.5, 0.6) is 0 Å². The molecule has 0 spiro atoms. The van der Waals surface area contributed by atoms with Crippen LogP contribution in [0.4, 0.5) is 10.1 Å². The highest BCUT2D eigenvalue weighted by atomic mass is 32.2. The maximum absolute atomic E-state index is 14.0. The van der Waals surface area contributed by atoms with Gasteiger partial charge in [-0.3, -0.25) is 13.9 Å². The number of aryl methyl sites for hydroxylation is 1. The van der Waals surface area contributed by atoms with Crippen molar-refractivity contribution in [2.24, 2.45) is 0 Å². The van der Waals surface area contributed by atoms with Gasteiger partial charge in [-0.2, -0.15) is 0 Å². The molecule has 3 rings (SSSR count). The molecular formula is C30H36FN3O4S. The Morgan fingerprint density at radius 3 is 2.31 bits per heavy atom. The lowest BCUT2D eigenvalue weighted by atomic mass is 10.0. The van der Waals surface area contributed by atoms with E-state index < -0.39 is 34.3 Å². The van der Waals surface area contributed by atoms with E-state index in [1.54, 1.807) is 0 Å². The zero-order valence-corrected chi connectivity index (χ0v) is 23.5. The van der Waals surface area contributed by atoms with E-state index in [9.17, 15) is 22.4 Å². The third-order valence-electron chi connectivity index (χ3n) is 6.48. The molecule has 7 nitrogen and oxygen atoms in total. The summed E-state index contributed by atoms with van der Waals surface area (Å²) in [6.07, 6.45) is 2.90. The SMILES string of the molecule is CCCCNC(=O)[C@@H](Cc1ccccc1)N(Cc1ccccc1C)C(=O)CN(c1cccc(F)c1)S(C)(=O)=O. The van der Waals surface area contributed by atoms with Gasteiger partial charge in [-0.1, -0.05) is 74.0 Å². The van der Waals surface area contributed by atoms with Crippen LogP contribution in [0.25, 0.3) is 0 Å². The van der Waals surface area contributed by atoms with E-state index in [1.165, 1.54) is 23.1 Å². The van der Waals surface area contributed by atoms with Gasteiger partial charge in [0.2, 0.25) is 21.8 Å². The van der Waals surface area contributed by atoms with Gasteiger partial charge in [0.1, 0.15) is 18.4 Å². The molecule has 2 amide bonds. The maximum Gasteiger partial charge on any atom is 0.244 e. The summed E-state index contributed by atoms with van der Waals surface area (Å²) in [6.45, 7) is 3.92. The lowest BCUT2D eigenvalue weighted by Gasteiger charge is -2.34. The standard InChI is InChI=1S/C30H36FN3O4S/c1-4-5-18-32-30(36)28(19-24-13-7-6-8-14-24)33(21-25-15-10-9-12-23(25)2)29(35)22-34(39(3,37)38)27-17-11-16-26(31)20-27/h6-17,20,28H,4-5,18-19,21-22H2,1-3H3,(H,32,36)/t28-/m1/s1. The summed E-state index contributed by atoms with van der Waals surface area (Å²) in [6, 6.07) is 21.1. The molecule has 3 aromatic carbocycles. The summed E-state index contributed by atoms with van der Waals surface area (Å²) < 4.78 is 40.3. The van der Waals surface area contributed by atoms with Crippen LogP contribution in [0.15, 0.2) is 78.9 Å². The number of benzene rings is 3. The molecule has 0 unspecified atom stereocenters. The second-order valence-electron chi connectivity index (χ2n) is 9.55. The van der Waals surface area contributed by atoms with Gasteiger partial charge >= 0.3 is 0 Å². The average molecular weight is 554 g/mol. The molecule has 1 N–H and O–H groups in total. The van der Waals surface area contributed by atoms with Gasteiger partial charge in [-0.25, -0.2) is 12.8 Å². The molecule has 0 fully saturated rings. The third kappa shape index (κ3) is 8.64. The first-order valence-electron chi connectivity index (χ1n) is 13.0. The lowest BCUT2D eigenvalue weighted by Crippen LogP contribution is -2.53. The van der Waals surface area contributed by atoms with E-state index in [2.05, 4.69) is 5.32 Å². The van der Waals surface area contributed by atoms with Crippen molar-refractivity contribution in [3.8, 4) is 0 Å². The van der Waals surface area contributed by atoms with Crippen LogP contribution in [-0.4, -0.2) is 50.5 Å². The number of hydrogen-bond donors (Lipinski definition) is 1. The summed E-state index contributed by atoms with van der Waals surface area (Å²) >= 11 is 0. The van der Waals surface area contributed by atoms with Gasteiger partial charge in [0.05, 0.1) is 11.9 Å². The number of sulfonamides is 1. The minimum absolute atomic E-state index is 0.0358. The predicted octanol–water partition coefficient (Wildman–Crippen LogP) is 4.46. The minimum Gasteiger partial charge on any atom is -0.354 e. The Hall–Kier alpha value is -3.72. The summed E-state index contributed by atoms with van der Waals surface area (Å²) in [5.74, 6) is -1.51. The molecule has 0 saturated heterocycles. The summed E-state index contributed by atoms with van der Waals surface area (Å²) in [7, 11) is -3.95. The normalized spacial score (nSPS) is 12.0. The minimum atomic E-state index is -3.95. The Morgan fingerprint density at radius 2 is 1.67 bits per heavy atom. The number of halogens is 1. The Kier molecular flexibility index (Phi) is 10.6. The monoisotopic (exact) mass is 553 g/mol. The van der Waals surface area contributed by atoms with E-state index in [1.807, 2.05) is 68.4 Å². The molecule has 0 saturated carbocycles. The number of amides is 2. The molecule has 0 bridgehead atoms. The van der Waals surface area contributed by atoms with E-state index in [-0.39, 0.29) is 24.6 Å². The quantitative estimate of drug-likeness (QED) is 0.317. The van der Waals surface area contributed by atoms with Gasteiger partial charge in [-0.15, -0.1) is 0 Å². The second kappa shape index (κ2) is 13.9. The van der Waals surface area contributed by atoms with Gasteiger partial charge in [0, 0.05) is 19.5 Å². The van der Waals surface area contributed by atoms with Crippen LogP contribution in [0.1, 0.15) is 36.5 Å². The number of nitrogens with zero attached hydrogens (tertiary/aromatic N) is 2. The third-order valence-corrected chi connectivity index (χ3v) is 7.62. The van der Waals surface area contributed by atoms with Crippen molar-refractivity contribution in [3.05, 3.63) is 101 Å². The van der Waals surface area contributed by atoms with Crippen LogP contribution in [0.3, 0.4) is 0 Å². The zero-order chi connectivity index (χ0) is 28.4. The largest absolute Gasteiger partial charge is 0.354 e. The molecule has 9 heteroatoms. The van der Waals surface area contributed by atoms with Crippen molar-refractivity contribution in [2.45, 2.75) is 45.7 Å². The highest BCUT2D eigenvalue weighted by Gasteiger charge is 2.33. The van der Waals surface area contributed by atoms with Crippen molar-refractivity contribution in [2.75, 3.05) is 23.7 Å². The first-order chi connectivity index (χ1) is 18.6. The Morgan fingerprint density at radius 1 is 0.974 bits per heavy atom. The number of carbonyl (C=O) groups excluding carboxylic acids is 2. The van der Waals surface area contributed by atoms with Crippen molar-refractivity contribution in [1.82, 2.24) is 10.2 Å². The molecule has 0 aromatic heterocycles. The van der Waals surface area contributed by atoms with Gasteiger partial charge in [-0.05, 0) is 48.2 Å². The number of rotatable bonds is 13. The van der Waals surface area contributed by atoms with E-state index in [4.69, 9.17) is 0 Å². The first-order valence-corrected chi connectivity index (χ1v) is 14.8. The van der Waals surface area contributed by atoms with Crippen molar-refractivity contribution >= 4 is 27.5 Å². The Labute approximate surface area is 230 Å². The van der Waals surface area contributed by atoms with Crippen LogP contribution in [0.2, 0.25) is 0 Å². The highest BCUT2D eigenvalue weighted by molar-refractivity contribution is 7.92.